The van der Waals surface area contributed by atoms with E-state index in [0.717, 1.165) is 18.2 Å². The van der Waals surface area contributed by atoms with Crippen LogP contribution in [0.1, 0.15) is 31.2 Å². The molecule has 2 atom stereocenters. The van der Waals surface area contributed by atoms with Crippen LogP contribution in [0.25, 0.3) is 0 Å². The second-order valence-electron chi connectivity index (χ2n) is 5.74. The summed E-state index contributed by atoms with van der Waals surface area (Å²) >= 11 is 0. The third kappa shape index (κ3) is 4.33. The molecular weight excluding hydrogens is 298 g/mol. The summed E-state index contributed by atoms with van der Waals surface area (Å²) in [4.78, 5) is 12.2. The van der Waals surface area contributed by atoms with E-state index in [1.807, 2.05) is 0 Å². The molecule has 0 bridgehead atoms. The summed E-state index contributed by atoms with van der Waals surface area (Å²) in [7, 11) is -3.15. The van der Waals surface area contributed by atoms with Crippen LogP contribution >= 0.6 is 0 Å². The molecular formula is C15H18F2O3S. The quantitative estimate of drug-likeness (QED) is 0.858. The molecule has 2 rings (SSSR count). The molecule has 1 aromatic carbocycles. The summed E-state index contributed by atoms with van der Waals surface area (Å²) in [5, 5.41) is -0.482. The molecule has 1 aliphatic carbocycles. The molecule has 0 heterocycles. The molecule has 0 aliphatic heterocycles. The minimum Gasteiger partial charge on any atom is -0.299 e. The van der Waals surface area contributed by atoms with Crippen molar-refractivity contribution in [2.75, 3.05) is 6.26 Å². The first kappa shape index (κ1) is 16.1. The average Bonchev–Trinajstić information content (AvgIpc) is 2.36. The second-order valence-corrected chi connectivity index (χ2v) is 8.06. The number of benzene rings is 1. The summed E-state index contributed by atoms with van der Waals surface area (Å²) in [6.07, 6.45) is 3.35. The molecule has 116 valence electrons. The highest BCUT2D eigenvalue weighted by atomic mass is 32.2. The van der Waals surface area contributed by atoms with E-state index in [9.17, 15) is 22.0 Å². The Morgan fingerprint density at radius 2 is 1.81 bits per heavy atom. The van der Waals surface area contributed by atoms with E-state index < -0.39 is 26.7 Å². The zero-order valence-electron chi connectivity index (χ0n) is 11.8. The van der Waals surface area contributed by atoms with Crippen molar-refractivity contribution in [3.8, 4) is 0 Å². The van der Waals surface area contributed by atoms with E-state index in [1.54, 1.807) is 0 Å². The fourth-order valence-corrected chi connectivity index (χ4v) is 4.06. The number of halogens is 2. The Labute approximate surface area is 123 Å². The predicted octanol–water partition coefficient (Wildman–Crippen LogP) is 2.68. The number of hydrogen-bond acceptors (Lipinski definition) is 3. The van der Waals surface area contributed by atoms with Gasteiger partial charge in [0.25, 0.3) is 0 Å². The van der Waals surface area contributed by atoms with Gasteiger partial charge in [0.05, 0.1) is 5.25 Å². The maximum Gasteiger partial charge on any atom is 0.150 e. The van der Waals surface area contributed by atoms with Crippen molar-refractivity contribution in [3.05, 3.63) is 35.4 Å². The van der Waals surface area contributed by atoms with E-state index in [0.29, 0.717) is 31.2 Å². The molecule has 1 aromatic rings. The molecule has 3 nitrogen and oxygen atoms in total. The molecule has 0 aromatic heterocycles. The number of carbonyl (C=O) groups excluding carboxylic acids is 1. The molecule has 0 spiro atoms. The van der Waals surface area contributed by atoms with E-state index in [4.69, 9.17) is 0 Å². The number of sulfone groups is 1. The monoisotopic (exact) mass is 316 g/mol. The summed E-state index contributed by atoms with van der Waals surface area (Å²) in [5.74, 6) is -1.91. The largest absolute Gasteiger partial charge is 0.299 e. The van der Waals surface area contributed by atoms with Gasteiger partial charge in [0, 0.05) is 24.7 Å². The number of rotatable bonds is 4. The van der Waals surface area contributed by atoms with Crippen molar-refractivity contribution in [3.63, 3.8) is 0 Å². The van der Waals surface area contributed by atoms with E-state index in [-0.39, 0.29) is 18.1 Å². The van der Waals surface area contributed by atoms with Gasteiger partial charge in [0.2, 0.25) is 0 Å². The molecule has 0 amide bonds. The van der Waals surface area contributed by atoms with Gasteiger partial charge in [-0.1, -0.05) is 6.42 Å². The summed E-state index contributed by atoms with van der Waals surface area (Å²) in [6.45, 7) is 0. The van der Waals surface area contributed by atoms with Gasteiger partial charge in [-0.2, -0.15) is 0 Å². The zero-order valence-corrected chi connectivity index (χ0v) is 12.6. The average molecular weight is 316 g/mol. The minimum absolute atomic E-state index is 0.0597. The minimum atomic E-state index is -3.15. The van der Waals surface area contributed by atoms with E-state index in [1.165, 1.54) is 6.26 Å². The van der Waals surface area contributed by atoms with E-state index >= 15 is 0 Å². The Kier molecular flexibility index (Phi) is 4.76. The molecule has 1 fully saturated rings. The highest BCUT2D eigenvalue weighted by Crippen LogP contribution is 2.30. The van der Waals surface area contributed by atoms with Gasteiger partial charge in [0.15, 0.2) is 0 Å². The van der Waals surface area contributed by atoms with Gasteiger partial charge in [-0.3, -0.25) is 4.79 Å². The van der Waals surface area contributed by atoms with Gasteiger partial charge in [-0.25, -0.2) is 17.2 Å². The summed E-state index contributed by atoms with van der Waals surface area (Å²) < 4.78 is 49.4. The van der Waals surface area contributed by atoms with Crippen molar-refractivity contribution in [2.24, 2.45) is 5.92 Å². The van der Waals surface area contributed by atoms with Crippen LogP contribution in [0, 0.1) is 17.6 Å². The van der Waals surface area contributed by atoms with Crippen molar-refractivity contribution in [1.29, 1.82) is 0 Å². The maximum atomic E-state index is 13.1. The first-order valence-corrected chi connectivity index (χ1v) is 8.87. The molecule has 0 saturated heterocycles. The first-order valence-electron chi connectivity index (χ1n) is 6.92. The van der Waals surface area contributed by atoms with Crippen LogP contribution in [0.2, 0.25) is 0 Å². The normalized spacial score (nSPS) is 23.0. The first-order chi connectivity index (χ1) is 9.75. The van der Waals surface area contributed by atoms with Gasteiger partial charge >= 0.3 is 0 Å². The highest BCUT2D eigenvalue weighted by molar-refractivity contribution is 7.91. The second kappa shape index (κ2) is 6.22. The van der Waals surface area contributed by atoms with Crippen LogP contribution in [0.5, 0.6) is 0 Å². The topological polar surface area (TPSA) is 51.2 Å². The summed E-state index contributed by atoms with van der Waals surface area (Å²) in [5.41, 5.74) is 0.291. The number of ketones is 1. The lowest BCUT2D eigenvalue weighted by Gasteiger charge is -2.27. The Hall–Kier alpha value is -1.30. The molecule has 0 N–H and O–H groups in total. The Morgan fingerprint density at radius 1 is 1.19 bits per heavy atom. The van der Waals surface area contributed by atoms with Gasteiger partial charge in [-0.15, -0.1) is 0 Å². The molecule has 0 radical (unpaired) electrons. The predicted molar refractivity (Wildman–Crippen MR) is 75.7 cm³/mol. The van der Waals surface area contributed by atoms with Crippen LogP contribution in [-0.4, -0.2) is 25.7 Å². The molecule has 6 heteroatoms. The smallest absolute Gasteiger partial charge is 0.150 e. The number of hydrogen-bond donors (Lipinski definition) is 0. The molecule has 1 saturated carbocycles. The van der Waals surface area contributed by atoms with Gasteiger partial charge in [-0.05, 0) is 37.0 Å². The maximum absolute atomic E-state index is 13.1. The van der Waals surface area contributed by atoms with Crippen LogP contribution in [-0.2, 0) is 21.1 Å². The molecule has 21 heavy (non-hydrogen) atoms. The SMILES string of the molecule is CS(=O)(=O)C1CCCC(C(=O)Cc2cc(F)cc(F)c2)C1. The standard InChI is InChI=1S/C15H18F2O3S/c1-21(19,20)14-4-2-3-11(8-14)15(18)7-10-5-12(16)9-13(17)6-10/h5-6,9,11,14H,2-4,7-8H2,1H3. The zero-order chi connectivity index (χ0) is 15.6. The van der Waals surface area contributed by atoms with Crippen LogP contribution in [0.4, 0.5) is 8.78 Å². The third-order valence-corrected chi connectivity index (χ3v) is 5.63. The summed E-state index contributed by atoms with van der Waals surface area (Å²) in [6, 6.07) is 3.03. The van der Waals surface area contributed by atoms with Crippen LogP contribution in [0.15, 0.2) is 18.2 Å². The number of Topliss-reactive ketones (excluding diaryl/α,β-unsaturated/α-hetero) is 1. The molecule has 1 aliphatic rings. The Morgan fingerprint density at radius 3 is 2.38 bits per heavy atom. The Bertz CT molecular complexity index is 620. The highest BCUT2D eigenvalue weighted by Gasteiger charge is 2.32. The number of carbonyl (C=O) groups is 1. The van der Waals surface area contributed by atoms with E-state index in [2.05, 4.69) is 0 Å². The third-order valence-electron chi connectivity index (χ3n) is 3.99. The van der Waals surface area contributed by atoms with Crippen molar-refractivity contribution in [2.45, 2.75) is 37.4 Å². The molecule has 2 unspecified atom stereocenters. The van der Waals surface area contributed by atoms with Crippen molar-refractivity contribution >= 4 is 15.6 Å². The fourth-order valence-electron chi connectivity index (χ4n) is 2.88. The lowest BCUT2D eigenvalue weighted by molar-refractivity contribution is -0.123. The van der Waals surface area contributed by atoms with Crippen molar-refractivity contribution < 1.29 is 22.0 Å². The van der Waals surface area contributed by atoms with Crippen LogP contribution in [0.3, 0.4) is 0 Å². The lowest BCUT2D eigenvalue weighted by atomic mass is 9.84. The van der Waals surface area contributed by atoms with Crippen LogP contribution < -0.4 is 0 Å². The fraction of sp³-hybridized carbons (Fsp3) is 0.533. The van der Waals surface area contributed by atoms with Gasteiger partial charge < -0.3 is 0 Å². The Balaban J connectivity index is 2.06. The lowest BCUT2D eigenvalue weighted by Crippen LogP contribution is -2.31. The van der Waals surface area contributed by atoms with Crippen molar-refractivity contribution in [1.82, 2.24) is 0 Å². The van der Waals surface area contributed by atoms with Gasteiger partial charge in [0.1, 0.15) is 27.3 Å².